The minimum Gasteiger partial charge on any atom is -0.496 e. The van der Waals surface area contributed by atoms with E-state index in [-0.39, 0.29) is 12.6 Å². The van der Waals surface area contributed by atoms with Crippen molar-refractivity contribution in [3.63, 3.8) is 0 Å². The van der Waals surface area contributed by atoms with E-state index < -0.39 is 12.0 Å². The molecule has 0 fully saturated rings. The molecule has 1 atom stereocenters. The van der Waals surface area contributed by atoms with Crippen LogP contribution >= 0.6 is 0 Å². The Labute approximate surface area is 140 Å². The smallest absolute Gasteiger partial charge is 0.338 e. The monoisotopic (exact) mass is 332 g/mol. The third-order valence-electron chi connectivity index (χ3n) is 4.11. The Hall–Kier alpha value is -2.54. The maximum absolute atomic E-state index is 12.5. The van der Waals surface area contributed by atoms with Crippen LogP contribution in [0.1, 0.15) is 18.5 Å². The average Bonchev–Trinajstić information content (AvgIpc) is 2.98. The number of nitrogens with zero attached hydrogens (tertiary/aromatic N) is 1. The number of urea groups is 1. The number of cyclic esters (lactones) is 1. The molecule has 1 aromatic rings. The van der Waals surface area contributed by atoms with Crippen molar-refractivity contribution >= 4 is 12.0 Å². The van der Waals surface area contributed by atoms with Gasteiger partial charge in [-0.05, 0) is 13.0 Å². The molecular weight excluding hydrogens is 312 g/mol. The van der Waals surface area contributed by atoms with Gasteiger partial charge in [0, 0.05) is 12.2 Å². The summed E-state index contributed by atoms with van der Waals surface area (Å²) in [6.45, 7) is 3.32. The number of amides is 2. The summed E-state index contributed by atoms with van der Waals surface area (Å²) in [5.74, 6) is 0.194. The van der Waals surface area contributed by atoms with Gasteiger partial charge in [-0.3, -0.25) is 4.90 Å². The summed E-state index contributed by atoms with van der Waals surface area (Å²) < 4.78 is 15.9. The Morgan fingerprint density at radius 1 is 1.33 bits per heavy atom. The van der Waals surface area contributed by atoms with E-state index >= 15 is 0 Å². The van der Waals surface area contributed by atoms with Crippen LogP contribution < -0.4 is 10.1 Å². The van der Waals surface area contributed by atoms with Crippen molar-refractivity contribution in [1.29, 1.82) is 0 Å². The van der Waals surface area contributed by atoms with Crippen LogP contribution in [0.15, 0.2) is 35.5 Å². The molecule has 128 valence electrons. The molecule has 1 N–H and O–H groups in total. The Morgan fingerprint density at radius 3 is 2.88 bits per heavy atom. The summed E-state index contributed by atoms with van der Waals surface area (Å²) >= 11 is 0. The first-order chi connectivity index (χ1) is 11.7. The van der Waals surface area contributed by atoms with Gasteiger partial charge in [-0.25, -0.2) is 9.59 Å². The molecule has 24 heavy (non-hydrogen) atoms. The van der Waals surface area contributed by atoms with Gasteiger partial charge in [0.25, 0.3) is 0 Å². The first-order valence-electron chi connectivity index (χ1n) is 7.86. The SMILES string of the molecule is CCOCCN1C(=O)N[C@@H](c2ccccc2OC)C2=C1COC2=O. The lowest BCUT2D eigenvalue weighted by molar-refractivity contribution is -0.136. The van der Waals surface area contributed by atoms with Gasteiger partial charge in [-0.1, -0.05) is 18.2 Å². The van der Waals surface area contributed by atoms with Gasteiger partial charge in [-0.2, -0.15) is 0 Å². The Balaban J connectivity index is 1.98. The fraction of sp³-hybridized carbons (Fsp3) is 0.412. The van der Waals surface area contributed by atoms with E-state index in [9.17, 15) is 9.59 Å². The minimum atomic E-state index is -0.581. The molecule has 7 nitrogen and oxygen atoms in total. The summed E-state index contributed by atoms with van der Waals surface area (Å²) in [4.78, 5) is 26.3. The van der Waals surface area contributed by atoms with E-state index in [4.69, 9.17) is 14.2 Å². The van der Waals surface area contributed by atoms with Crippen LogP contribution in [-0.4, -0.2) is 50.4 Å². The molecular formula is C17H20N2O5. The van der Waals surface area contributed by atoms with Gasteiger partial charge in [0.1, 0.15) is 12.4 Å². The van der Waals surface area contributed by atoms with E-state index in [2.05, 4.69) is 5.32 Å². The molecule has 7 heteroatoms. The van der Waals surface area contributed by atoms with Crippen LogP contribution in [-0.2, 0) is 14.3 Å². The highest BCUT2D eigenvalue weighted by Gasteiger charge is 2.42. The van der Waals surface area contributed by atoms with Crippen molar-refractivity contribution in [2.45, 2.75) is 13.0 Å². The minimum absolute atomic E-state index is 0.0966. The maximum atomic E-state index is 12.5. The molecule has 2 amide bonds. The fourth-order valence-corrected chi connectivity index (χ4v) is 2.99. The first-order valence-corrected chi connectivity index (χ1v) is 7.86. The predicted octanol–water partition coefficient (Wildman–Crippen LogP) is 1.61. The molecule has 0 unspecified atom stereocenters. The van der Waals surface area contributed by atoms with Crippen LogP contribution in [0.4, 0.5) is 4.79 Å². The molecule has 0 aliphatic carbocycles. The molecule has 0 aromatic heterocycles. The van der Waals surface area contributed by atoms with Crippen LogP contribution in [0.2, 0.25) is 0 Å². The van der Waals surface area contributed by atoms with Crippen molar-refractivity contribution in [2.75, 3.05) is 33.5 Å². The number of esters is 1. The van der Waals surface area contributed by atoms with Crippen LogP contribution in [0.5, 0.6) is 5.75 Å². The lowest BCUT2D eigenvalue weighted by atomic mass is 9.95. The number of benzene rings is 1. The second-order valence-corrected chi connectivity index (χ2v) is 5.41. The largest absolute Gasteiger partial charge is 0.496 e. The van der Waals surface area contributed by atoms with Gasteiger partial charge in [-0.15, -0.1) is 0 Å². The predicted molar refractivity (Wildman–Crippen MR) is 85.5 cm³/mol. The third-order valence-corrected chi connectivity index (χ3v) is 4.11. The van der Waals surface area contributed by atoms with Crippen LogP contribution in [0.3, 0.4) is 0 Å². The molecule has 0 spiro atoms. The van der Waals surface area contributed by atoms with Gasteiger partial charge in [0.05, 0.1) is 37.6 Å². The summed E-state index contributed by atoms with van der Waals surface area (Å²) in [6, 6.07) is 6.44. The van der Waals surface area contributed by atoms with Crippen LogP contribution in [0.25, 0.3) is 0 Å². The number of hydrogen-bond acceptors (Lipinski definition) is 5. The van der Waals surface area contributed by atoms with Crippen LogP contribution in [0, 0.1) is 0 Å². The zero-order valence-electron chi connectivity index (χ0n) is 13.7. The second-order valence-electron chi connectivity index (χ2n) is 5.41. The molecule has 2 aliphatic heterocycles. The Bertz CT molecular complexity index is 685. The number of carbonyl (C=O) groups excluding carboxylic acids is 2. The van der Waals surface area contributed by atoms with Gasteiger partial charge >= 0.3 is 12.0 Å². The highest BCUT2D eigenvalue weighted by molar-refractivity contribution is 5.97. The average molecular weight is 332 g/mol. The summed E-state index contributed by atoms with van der Waals surface area (Å²) in [6.07, 6.45) is 0. The number of methoxy groups -OCH3 is 1. The van der Waals surface area contributed by atoms with Crippen molar-refractivity contribution in [1.82, 2.24) is 10.2 Å². The zero-order valence-corrected chi connectivity index (χ0v) is 13.7. The van der Waals surface area contributed by atoms with E-state index in [1.807, 2.05) is 25.1 Å². The topological polar surface area (TPSA) is 77.1 Å². The summed E-state index contributed by atoms with van der Waals surface area (Å²) in [5, 5.41) is 2.88. The highest BCUT2D eigenvalue weighted by Crippen LogP contribution is 2.38. The van der Waals surface area contributed by atoms with E-state index in [0.29, 0.717) is 36.8 Å². The third kappa shape index (κ3) is 2.82. The number of rotatable bonds is 6. The standard InChI is InChI=1S/C17H20N2O5/c1-3-23-9-8-19-12-10-24-16(20)14(12)15(18-17(19)21)11-6-4-5-7-13(11)22-2/h4-7,15H,3,8-10H2,1-2H3,(H,18,21)/t15-/m0/s1. The lowest BCUT2D eigenvalue weighted by Crippen LogP contribution is -2.48. The molecule has 0 radical (unpaired) electrons. The zero-order chi connectivity index (χ0) is 17.1. The van der Waals surface area contributed by atoms with E-state index in [0.717, 1.165) is 5.56 Å². The number of carbonyl (C=O) groups is 2. The molecule has 1 aromatic carbocycles. The molecule has 3 rings (SSSR count). The number of hydrogen-bond donors (Lipinski definition) is 1. The summed E-state index contributed by atoms with van der Waals surface area (Å²) in [7, 11) is 1.56. The quantitative estimate of drug-likeness (QED) is 0.632. The molecule has 2 aliphatic rings. The van der Waals surface area contributed by atoms with E-state index in [1.165, 1.54) is 4.90 Å². The second kappa shape index (κ2) is 6.92. The van der Waals surface area contributed by atoms with Crippen molar-refractivity contribution < 1.29 is 23.8 Å². The van der Waals surface area contributed by atoms with E-state index in [1.54, 1.807) is 13.2 Å². The van der Waals surface area contributed by atoms with Gasteiger partial charge < -0.3 is 19.5 Å². The van der Waals surface area contributed by atoms with Gasteiger partial charge in [0.2, 0.25) is 0 Å². The maximum Gasteiger partial charge on any atom is 0.338 e. The molecule has 0 saturated carbocycles. The molecule has 2 heterocycles. The molecule has 0 saturated heterocycles. The van der Waals surface area contributed by atoms with Crippen molar-refractivity contribution in [3.05, 3.63) is 41.1 Å². The number of nitrogens with one attached hydrogen (secondary N) is 1. The highest BCUT2D eigenvalue weighted by atomic mass is 16.5. The Morgan fingerprint density at radius 2 is 2.12 bits per heavy atom. The Kier molecular flexibility index (Phi) is 4.71. The normalized spacial score (nSPS) is 19.9. The molecule has 0 bridgehead atoms. The van der Waals surface area contributed by atoms with Crippen molar-refractivity contribution in [3.8, 4) is 5.75 Å². The van der Waals surface area contributed by atoms with Gasteiger partial charge in [0.15, 0.2) is 0 Å². The first kappa shape index (κ1) is 16.3. The lowest BCUT2D eigenvalue weighted by Gasteiger charge is -2.33. The number of para-hydroxylation sites is 1. The van der Waals surface area contributed by atoms with Crippen molar-refractivity contribution in [2.24, 2.45) is 0 Å². The number of ether oxygens (including phenoxy) is 3. The summed E-state index contributed by atoms with van der Waals surface area (Å²) in [5.41, 5.74) is 1.78. The fourth-order valence-electron chi connectivity index (χ4n) is 2.99.